The van der Waals surface area contributed by atoms with Crippen LogP contribution in [0.25, 0.3) is 0 Å². The number of alkyl halides is 1. The Bertz CT molecular complexity index is 302. The Hall–Kier alpha value is -0.450. The molecular weight excluding hydrogens is 231 g/mol. The molecule has 3 nitrogen and oxygen atoms in total. The molecule has 2 N–H and O–H groups in total. The maximum atomic E-state index is 14.0. The molecule has 0 bridgehead atoms. The van der Waals surface area contributed by atoms with Gasteiger partial charge in [0.1, 0.15) is 6.17 Å². The zero-order valence-corrected chi connectivity index (χ0v) is 11.3. The van der Waals surface area contributed by atoms with Crippen LogP contribution in [0.4, 0.5) is 4.39 Å². The SMILES string of the molecule is C=C(C)[C@@H]1CCN(CC2(O)CCNCC2)C[C@@H]1F. The van der Waals surface area contributed by atoms with Gasteiger partial charge in [-0.15, -0.1) is 0 Å². The van der Waals surface area contributed by atoms with E-state index >= 15 is 0 Å². The molecule has 0 aromatic carbocycles. The molecule has 2 aliphatic rings. The van der Waals surface area contributed by atoms with Crippen molar-refractivity contribution >= 4 is 0 Å². The summed E-state index contributed by atoms with van der Waals surface area (Å²) in [5.74, 6) is 0.00363. The van der Waals surface area contributed by atoms with E-state index in [9.17, 15) is 9.50 Å². The Morgan fingerprint density at radius 1 is 1.50 bits per heavy atom. The molecular formula is C14H25FN2O. The number of allylic oxidation sites excluding steroid dienone is 1. The fraction of sp³-hybridized carbons (Fsp3) is 0.857. The summed E-state index contributed by atoms with van der Waals surface area (Å²) in [5.41, 5.74) is 0.323. The zero-order chi connectivity index (χ0) is 13.2. The van der Waals surface area contributed by atoms with Crippen LogP contribution < -0.4 is 5.32 Å². The van der Waals surface area contributed by atoms with Gasteiger partial charge in [0.25, 0.3) is 0 Å². The van der Waals surface area contributed by atoms with Crippen LogP contribution in [0.3, 0.4) is 0 Å². The van der Waals surface area contributed by atoms with E-state index < -0.39 is 11.8 Å². The van der Waals surface area contributed by atoms with Crippen molar-refractivity contribution in [3.63, 3.8) is 0 Å². The van der Waals surface area contributed by atoms with Crippen molar-refractivity contribution in [2.24, 2.45) is 5.92 Å². The summed E-state index contributed by atoms with van der Waals surface area (Å²) in [4.78, 5) is 2.08. The Balaban J connectivity index is 1.86. The molecule has 0 aromatic rings. The number of aliphatic hydroxyl groups is 1. The Morgan fingerprint density at radius 2 is 2.17 bits per heavy atom. The maximum absolute atomic E-state index is 14.0. The van der Waals surface area contributed by atoms with Gasteiger partial charge in [0.15, 0.2) is 0 Å². The summed E-state index contributed by atoms with van der Waals surface area (Å²) in [6, 6.07) is 0. The van der Waals surface area contributed by atoms with Crippen molar-refractivity contribution in [1.29, 1.82) is 0 Å². The first-order chi connectivity index (χ1) is 8.50. The van der Waals surface area contributed by atoms with Crippen LogP contribution in [0.15, 0.2) is 12.2 Å². The molecule has 4 heteroatoms. The third-order valence-electron chi connectivity index (χ3n) is 4.31. The average Bonchev–Trinajstić information content (AvgIpc) is 2.28. The second-order valence-corrected chi connectivity index (χ2v) is 5.97. The molecule has 0 spiro atoms. The second kappa shape index (κ2) is 5.68. The van der Waals surface area contributed by atoms with Crippen LogP contribution in [-0.2, 0) is 0 Å². The first-order valence-corrected chi connectivity index (χ1v) is 6.95. The Labute approximate surface area is 109 Å². The second-order valence-electron chi connectivity index (χ2n) is 5.97. The minimum atomic E-state index is -0.832. The van der Waals surface area contributed by atoms with E-state index in [1.54, 1.807) is 0 Å². The molecule has 18 heavy (non-hydrogen) atoms. The van der Waals surface area contributed by atoms with Gasteiger partial charge in [0.2, 0.25) is 0 Å². The first kappa shape index (κ1) is 14.0. The fourth-order valence-electron chi connectivity index (χ4n) is 3.13. The van der Waals surface area contributed by atoms with E-state index in [1.165, 1.54) is 0 Å². The van der Waals surface area contributed by atoms with Crippen molar-refractivity contribution in [3.05, 3.63) is 12.2 Å². The van der Waals surface area contributed by atoms with Gasteiger partial charge >= 0.3 is 0 Å². The van der Waals surface area contributed by atoms with E-state index in [0.29, 0.717) is 13.1 Å². The highest BCUT2D eigenvalue weighted by atomic mass is 19.1. The number of nitrogens with one attached hydrogen (secondary N) is 1. The molecule has 0 saturated carbocycles. The largest absolute Gasteiger partial charge is 0.388 e. The summed E-state index contributed by atoms with van der Waals surface area (Å²) >= 11 is 0. The molecule has 0 unspecified atom stereocenters. The lowest BCUT2D eigenvalue weighted by molar-refractivity contribution is -0.0360. The summed E-state index contributed by atoms with van der Waals surface area (Å²) in [7, 11) is 0. The van der Waals surface area contributed by atoms with Crippen LogP contribution in [0.1, 0.15) is 26.2 Å². The number of likely N-dealkylation sites (tertiary alicyclic amines) is 1. The van der Waals surface area contributed by atoms with E-state index in [4.69, 9.17) is 0 Å². The molecule has 0 amide bonds. The van der Waals surface area contributed by atoms with Gasteiger partial charge in [-0.05, 0) is 45.8 Å². The highest BCUT2D eigenvalue weighted by Gasteiger charge is 2.35. The van der Waals surface area contributed by atoms with Gasteiger partial charge < -0.3 is 10.4 Å². The average molecular weight is 256 g/mol. The van der Waals surface area contributed by atoms with E-state index in [1.807, 2.05) is 6.92 Å². The number of nitrogens with zero attached hydrogens (tertiary/aromatic N) is 1. The number of β-amino-alcohol motifs (C(OH)–C–C–N with tert-alkyl or cyclic N) is 1. The maximum Gasteiger partial charge on any atom is 0.119 e. The highest BCUT2D eigenvalue weighted by molar-refractivity contribution is 5.03. The number of piperidine rings is 2. The van der Waals surface area contributed by atoms with Gasteiger partial charge in [0, 0.05) is 19.0 Å². The smallest absolute Gasteiger partial charge is 0.119 e. The Morgan fingerprint density at radius 3 is 2.72 bits per heavy atom. The van der Waals surface area contributed by atoms with Crippen LogP contribution in [0.5, 0.6) is 0 Å². The van der Waals surface area contributed by atoms with E-state index in [-0.39, 0.29) is 5.92 Å². The highest BCUT2D eigenvalue weighted by Crippen LogP contribution is 2.28. The molecule has 2 aliphatic heterocycles. The monoisotopic (exact) mass is 256 g/mol. The molecule has 104 valence electrons. The van der Waals surface area contributed by atoms with Gasteiger partial charge in [-0.25, -0.2) is 4.39 Å². The quantitative estimate of drug-likeness (QED) is 0.748. The van der Waals surface area contributed by atoms with Crippen molar-refractivity contribution in [2.45, 2.75) is 38.0 Å². The lowest BCUT2D eigenvalue weighted by atomic mass is 9.87. The molecule has 0 aromatic heterocycles. The number of rotatable bonds is 3. The molecule has 2 fully saturated rings. The van der Waals surface area contributed by atoms with E-state index in [0.717, 1.165) is 44.5 Å². The molecule has 0 aliphatic carbocycles. The van der Waals surface area contributed by atoms with Crippen molar-refractivity contribution in [2.75, 3.05) is 32.7 Å². The van der Waals surface area contributed by atoms with Gasteiger partial charge in [-0.3, -0.25) is 4.90 Å². The third-order valence-corrected chi connectivity index (χ3v) is 4.31. The molecule has 2 rings (SSSR count). The van der Waals surface area contributed by atoms with Crippen molar-refractivity contribution < 1.29 is 9.50 Å². The predicted octanol–water partition coefficient (Wildman–Crippen LogP) is 1.34. The van der Waals surface area contributed by atoms with E-state index in [2.05, 4.69) is 16.8 Å². The van der Waals surface area contributed by atoms with Crippen LogP contribution in [0.2, 0.25) is 0 Å². The number of hydrogen-bond donors (Lipinski definition) is 2. The topological polar surface area (TPSA) is 35.5 Å². The number of hydrogen-bond acceptors (Lipinski definition) is 3. The predicted molar refractivity (Wildman–Crippen MR) is 71.3 cm³/mol. The lowest BCUT2D eigenvalue weighted by Gasteiger charge is -2.41. The first-order valence-electron chi connectivity index (χ1n) is 6.95. The summed E-state index contributed by atoms with van der Waals surface area (Å²) < 4.78 is 14.0. The summed E-state index contributed by atoms with van der Waals surface area (Å²) in [5, 5.41) is 13.7. The summed E-state index contributed by atoms with van der Waals surface area (Å²) in [6.45, 7) is 9.41. The fourth-order valence-corrected chi connectivity index (χ4v) is 3.13. The molecule has 2 saturated heterocycles. The van der Waals surface area contributed by atoms with Gasteiger partial charge in [-0.2, -0.15) is 0 Å². The van der Waals surface area contributed by atoms with Gasteiger partial charge in [-0.1, -0.05) is 12.2 Å². The van der Waals surface area contributed by atoms with Crippen molar-refractivity contribution in [3.8, 4) is 0 Å². The Kier molecular flexibility index (Phi) is 4.41. The standard InChI is InChI=1S/C14H25FN2O/c1-11(2)12-3-8-17(9-13(12)15)10-14(18)4-6-16-7-5-14/h12-13,16,18H,1,3-10H2,2H3/t12-,13-/m0/s1. The van der Waals surface area contributed by atoms with Crippen LogP contribution >= 0.6 is 0 Å². The van der Waals surface area contributed by atoms with Crippen LogP contribution in [0, 0.1) is 5.92 Å². The normalized spacial score (nSPS) is 33.3. The molecule has 2 atom stereocenters. The zero-order valence-electron chi connectivity index (χ0n) is 11.3. The lowest BCUT2D eigenvalue weighted by Crippen LogP contribution is -2.53. The number of halogens is 1. The minimum Gasteiger partial charge on any atom is -0.388 e. The van der Waals surface area contributed by atoms with Crippen molar-refractivity contribution in [1.82, 2.24) is 10.2 Å². The third kappa shape index (κ3) is 3.31. The summed E-state index contributed by atoms with van der Waals surface area (Å²) in [6.07, 6.45) is 1.53. The minimum absolute atomic E-state index is 0.00363. The van der Waals surface area contributed by atoms with Gasteiger partial charge in [0.05, 0.1) is 5.60 Å². The molecule has 2 heterocycles. The van der Waals surface area contributed by atoms with Crippen LogP contribution in [-0.4, -0.2) is 54.5 Å². The molecule has 0 radical (unpaired) electrons.